The maximum absolute atomic E-state index is 4.69. The van der Waals surface area contributed by atoms with Gasteiger partial charge >= 0.3 is 0 Å². The normalized spacial score (nSPS) is 13.1. The van der Waals surface area contributed by atoms with E-state index in [1.165, 1.54) is 0 Å². The second kappa shape index (κ2) is 7.35. The number of H-pyrrole nitrogens is 1. The molecule has 5 aromatic heterocycles. The summed E-state index contributed by atoms with van der Waals surface area (Å²) < 4.78 is 1.78. The molecule has 0 bridgehead atoms. The van der Waals surface area contributed by atoms with Crippen molar-refractivity contribution in [2.75, 3.05) is 0 Å². The highest BCUT2D eigenvalue weighted by molar-refractivity contribution is 6.17. The van der Waals surface area contributed by atoms with Crippen LogP contribution in [0.2, 0.25) is 0 Å². The Bertz CT molecular complexity index is 1510. The number of rotatable bonds is 3. The van der Waals surface area contributed by atoms with Crippen LogP contribution in [0.4, 0.5) is 0 Å². The number of hydrogen-bond acceptors (Lipinski definition) is 6. The van der Waals surface area contributed by atoms with Gasteiger partial charge in [0.1, 0.15) is 6.34 Å². The molecule has 0 saturated heterocycles. The van der Waals surface area contributed by atoms with Gasteiger partial charge in [-0.25, -0.2) is 4.99 Å². The zero-order valence-corrected chi connectivity index (χ0v) is 17.3. The monoisotopic (exact) mass is 418 g/mol. The second-order valence-electron chi connectivity index (χ2n) is 7.62. The van der Waals surface area contributed by atoms with E-state index in [0.717, 1.165) is 55.8 Å². The molecule has 5 aromatic rings. The average molecular weight is 418 g/mol. The van der Waals surface area contributed by atoms with E-state index < -0.39 is 0 Å². The van der Waals surface area contributed by atoms with Gasteiger partial charge in [0.05, 0.1) is 41.6 Å². The summed E-state index contributed by atoms with van der Waals surface area (Å²) in [5.41, 5.74) is 8.57. The molecule has 0 radical (unpaired) electrons. The molecule has 0 unspecified atom stereocenters. The fourth-order valence-electron chi connectivity index (χ4n) is 4.00. The molecule has 8 heteroatoms. The lowest BCUT2D eigenvalue weighted by atomic mass is 10.0. The number of aliphatic imine (C=N–C) groups is 2. The quantitative estimate of drug-likeness (QED) is 0.482. The molecule has 0 amide bonds. The van der Waals surface area contributed by atoms with Gasteiger partial charge < -0.3 is 4.98 Å². The zero-order chi connectivity index (χ0) is 21.5. The molecule has 1 aliphatic heterocycles. The van der Waals surface area contributed by atoms with Crippen LogP contribution in [0.5, 0.6) is 0 Å². The summed E-state index contributed by atoms with van der Waals surface area (Å²) >= 11 is 0. The Morgan fingerprint density at radius 2 is 1.81 bits per heavy atom. The fraction of sp³-hybridized carbons (Fsp3) is 0.0833. The summed E-state index contributed by atoms with van der Waals surface area (Å²) in [4.78, 5) is 25.8. The average Bonchev–Trinajstić information content (AvgIpc) is 3.40. The molecule has 0 aliphatic carbocycles. The molecular weight excluding hydrogens is 400 g/mol. The lowest BCUT2D eigenvalue weighted by molar-refractivity contribution is 0.768. The molecule has 0 fully saturated rings. The van der Waals surface area contributed by atoms with E-state index in [0.29, 0.717) is 6.54 Å². The SMILES string of the molecule is Cn1cc(-c2cnc3c(c2)C(c2cc4c(-c5ccncc5)cncc4[nH]2)=NC=NC3)cn1. The van der Waals surface area contributed by atoms with Gasteiger partial charge in [-0.15, -0.1) is 0 Å². The lowest BCUT2D eigenvalue weighted by Gasteiger charge is -2.09. The van der Waals surface area contributed by atoms with Gasteiger partial charge in [0.25, 0.3) is 0 Å². The van der Waals surface area contributed by atoms with Crippen LogP contribution in [0.1, 0.15) is 17.0 Å². The highest BCUT2D eigenvalue weighted by atomic mass is 15.2. The molecule has 0 atom stereocenters. The molecular formula is C24H18N8. The van der Waals surface area contributed by atoms with E-state index in [2.05, 4.69) is 42.2 Å². The van der Waals surface area contributed by atoms with Crippen molar-refractivity contribution in [2.24, 2.45) is 17.0 Å². The Morgan fingerprint density at radius 1 is 0.906 bits per heavy atom. The largest absolute Gasteiger partial charge is 0.352 e. The van der Waals surface area contributed by atoms with Crippen molar-refractivity contribution in [1.29, 1.82) is 0 Å². The van der Waals surface area contributed by atoms with Gasteiger partial charge in [-0.2, -0.15) is 5.10 Å². The summed E-state index contributed by atoms with van der Waals surface area (Å²) in [5, 5.41) is 5.36. The van der Waals surface area contributed by atoms with Crippen molar-refractivity contribution in [3.8, 4) is 22.3 Å². The van der Waals surface area contributed by atoms with Crippen LogP contribution in [0.3, 0.4) is 0 Å². The Labute approximate surface area is 183 Å². The lowest BCUT2D eigenvalue weighted by Crippen LogP contribution is -2.08. The van der Waals surface area contributed by atoms with Crippen LogP contribution in [0.25, 0.3) is 33.2 Å². The Balaban J connectivity index is 1.51. The molecule has 6 heterocycles. The molecule has 6 rings (SSSR count). The number of hydrogen-bond donors (Lipinski definition) is 1. The first-order valence-corrected chi connectivity index (χ1v) is 10.2. The van der Waals surface area contributed by atoms with E-state index in [1.54, 1.807) is 23.4 Å². The van der Waals surface area contributed by atoms with Crippen LogP contribution < -0.4 is 0 Å². The van der Waals surface area contributed by atoms with Crippen molar-refractivity contribution in [1.82, 2.24) is 29.7 Å². The topological polar surface area (TPSA) is 97.0 Å². The highest BCUT2D eigenvalue weighted by Crippen LogP contribution is 2.30. The molecule has 0 saturated carbocycles. The van der Waals surface area contributed by atoms with Crippen molar-refractivity contribution in [3.05, 3.63) is 84.6 Å². The second-order valence-corrected chi connectivity index (χ2v) is 7.62. The molecule has 154 valence electrons. The molecule has 0 aromatic carbocycles. The fourth-order valence-corrected chi connectivity index (χ4v) is 4.00. The summed E-state index contributed by atoms with van der Waals surface area (Å²) in [6, 6.07) is 8.20. The van der Waals surface area contributed by atoms with E-state index in [-0.39, 0.29) is 0 Å². The maximum Gasteiger partial charge on any atom is 0.111 e. The molecule has 1 N–H and O–H groups in total. The minimum atomic E-state index is 0.486. The van der Waals surface area contributed by atoms with Gasteiger partial charge in [0, 0.05) is 65.7 Å². The molecule has 8 nitrogen and oxygen atoms in total. The summed E-state index contributed by atoms with van der Waals surface area (Å²) in [7, 11) is 1.90. The summed E-state index contributed by atoms with van der Waals surface area (Å²) in [6.07, 6.45) is 14.6. The number of aryl methyl sites for hydroxylation is 1. The van der Waals surface area contributed by atoms with Gasteiger partial charge in [-0.1, -0.05) is 0 Å². The van der Waals surface area contributed by atoms with E-state index in [1.807, 2.05) is 50.2 Å². The van der Waals surface area contributed by atoms with Gasteiger partial charge in [-0.05, 0) is 29.8 Å². The smallest absolute Gasteiger partial charge is 0.111 e. The summed E-state index contributed by atoms with van der Waals surface area (Å²) in [5.74, 6) is 0. The number of fused-ring (bicyclic) bond motifs is 2. The first kappa shape index (κ1) is 18.3. The highest BCUT2D eigenvalue weighted by Gasteiger charge is 2.19. The van der Waals surface area contributed by atoms with Crippen LogP contribution in [-0.2, 0) is 13.6 Å². The predicted molar refractivity (Wildman–Crippen MR) is 124 cm³/mol. The third-order valence-corrected chi connectivity index (χ3v) is 5.57. The molecule has 32 heavy (non-hydrogen) atoms. The van der Waals surface area contributed by atoms with Crippen molar-refractivity contribution >= 4 is 23.0 Å². The minimum Gasteiger partial charge on any atom is -0.352 e. The molecule has 0 spiro atoms. The van der Waals surface area contributed by atoms with Crippen molar-refractivity contribution in [2.45, 2.75) is 6.54 Å². The zero-order valence-electron chi connectivity index (χ0n) is 17.3. The Morgan fingerprint density at radius 3 is 2.66 bits per heavy atom. The number of nitrogens with one attached hydrogen (secondary N) is 1. The predicted octanol–water partition coefficient (Wildman–Crippen LogP) is 3.80. The van der Waals surface area contributed by atoms with Crippen LogP contribution >= 0.6 is 0 Å². The third-order valence-electron chi connectivity index (χ3n) is 5.57. The first-order valence-electron chi connectivity index (χ1n) is 10.2. The van der Waals surface area contributed by atoms with Crippen molar-refractivity contribution < 1.29 is 0 Å². The number of pyridine rings is 3. The van der Waals surface area contributed by atoms with Crippen molar-refractivity contribution in [3.63, 3.8) is 0 Å². The van der Waals surface area contributed by atoms with E-state index in [4.69, 9.17) is 4.98 Å². The Hall–Kier alpha value is -4.46. The third kappa shape index (κ3) is 3.09. The molecule has 1 aliphatic rings. The first-order chi connectivity index (χ1) is 15.8. The maximum atomic E-state index is 4.69. The van der Waals surface area contributed by atoms with Gasteiger partial charge in [-0.3, -0.25) is 24.6 Å². The van der Waals surface area contributed by atoms with E-state index >= 15 is 0 Å². The van der Waals surface area contributed by atoms with Crippen LogP contribution in [0, 0.1) is 0 Å². The van der Waals surface area contributed by atoms with Crippen LogP contribution in [0.15, 0.2) is 77.6 Å². The van der Waals surface area contributed by atoms with E-state index in [9.17, 15) is 0 Å². The van der Waals surface area contributed by atoms with Gasteiger partial charge in [0.2, 0.25) is 0 Å². The van der Waals surface area contributed by atoms with Crippen LogP contribution in [-0.4, -0.2) is 41.8 Å². The number of aromatic amines is 1. The number of aromatic nitrogens is 6. The Kier molecular flexibility index (Phi) is 4.21. The minimum absolute atomic E-state index is 0.486. The summed E-state index contributed by atoms with van der Waals surface area (Å²) in [6.45, 7) is 0.486. The number of nitrogens with zero attached hydrogens (tertiary/aromatic N) is 7. The standard InChI is InChI=1S/C24H18N8/c1-32-13-17(9-30-32)16-6-19-22(28-8-16)11-27-14-29-24(19)21-7-18-20(10-26-12-23(18)31-21)15-2-4-25-5-3-15/h2-10,12-14,31H,11H2,1H3. The van der Waals surface area contributed by atoms with Gasteiger partial charge in [0.15, 0.2) is 0 Å².